The van der Waals surface area contributed by atoms with E-state index in [4.69, 9.17) is 14.0 Å². The van der Waals surface area contributed by atoms with Crippen LogP contribution in [0.5, 0.6) is 5.75 Å². The molecular formula is C29H41N3O5. The first-order valence-corrected chi connectivity index (χ1v) is 13.8. The number of aryl methyl sites for hydroxylation is 1. The Hall–Kier alpha value is -2.87. The third-order valence-electron chi connectivity index (χ3n) is 7.19. The monoisotopic (exact) mass is 511 g/mol. The third kappa shape index (κ3) is 6.72. The van der Waals surface area contributed by atoms with E-state index in [9.17, 15) is 9.59 Å². The van der Waals surface area contributed by atoms with E-state index >= 15 is 0 Å². The second-order valence-electron chi connectivity index (χ2n) is 10.7. The molecule has 1 unspecified atom stereocenters. The van der Waals surface area contributed by atoms with E-state index in [1.165, 1.54) is 5.56 Å². The zero-order valence-electron chi connectivity index (χ0n) is 22.5. The molecule has 1 saturated heterocycles. The molecule has 2 aromatic rings. The predicted octanol–water partition coefficient (Wildman–Crippen LogP) is 4.52. The average molecular weight is 512 g/mol. The van der Waals surface area contributed by atoms with Crippen molar-refractivity contribution in [1.82, 2.24) is 15.0 Å². The van der Waals surface area contributed by atoms with Crippen molar-refractivity contribution >= 4 is 11.8 Å². The zero-order valence-corrected chi connectivity index (χ0v) is 22.5. The Morgan fingerprint density at radius 3 is 2.81 bits per heavy atom. The van der Waals surface area contributed by atoms with Crippen LogP contribution in [0.3, 0.4) is 0 Å². The van der Waals surface area contributed by atoms with E-state index in [0.717, 1.165) is 50.0 Å². The number of carbonyl (C=O) groups excluding carboxylic acids is 2. The van der Waals surface area contributed by atoms with Gasteiger partial charge in [-0.05, 0) is 56.1 Å². The summed E-state index contributed by atoms with van der Waals surface area (Å²) in [4.78, 5) is 31.1. The molecule has 0 saturated carbocycles. The lowest BCUT2D eigenvalue weighted by molar-refractivity contribution is -0.170. The van der Waals surface area contributed by atoms with Crippen LogP contribution in [0, 0.1) is 5.92 Å². The standard InChI is InChI=1S/C29H41N3O5/c1-4-5-14-31-15-17-35-25-12-7-6-10-23(25)11-8-9-13-29(28(31)34)21-32(16-18-36-29)27(33)26-20-24(30-37-26)19-22(2)3/h6-7,10,12,20,22H,4-5,8-9,11,13-19,21H2,1-3H3. The maximum absolute atomic E-state index is 14.1. The molecule has 8 nitrogen and oxygen atoms in total. The summed E-state index contributed by atoms with van der Waals surface area (Å²) in [6, 6.07) is 9.87. The van der Waals surface area contributed by atoms with E-state index in [2.05, 4.69) is 32.0 Å². The molecule has 2 aliphatic rings. The molecule has 4 rings (SSSR count). The molecule has 2 amide bonds. The van der Waals surface area contributed by atoms with Crippen LogP contribution in [-0.2, 0) is 22.4 Å². The smallest absolute Gasteiger partial charge is 0.292 e. The number of unbranched alkanes of at least 4 members (excludes halogenated alkanes) is 1. The lowest BCUT2D eigenvalue weighted by Gasteiger charge is -2.44. The summed E-state index contributed by atoms with van der Waals surface area (Å²) in [6.45, 7) is 8.80. The highest BCUT2D eigenvalue weighted by atomic mass is 16.5. The maximum Gasteiger partial charge on any atom is 0.292 e. The van der Waals surface area contributed by atoms with Crippen LogP contribution < -0.4 is 4.74 Å². The van der Waals surface area contributed by atoms with Gasteiger partial charge in [0.2, 0.25) is 5.76 Å². The fraction of sp³-hybridized carbons (Fsp3) is 0.621. The highest BCUT2D eigenvalue weighted by Crippen LogP contribution is 2.30. The average Bonchev–Trinajstić information content (AvgIpc) is 3.35. The van der Waals surface area contributed by atoms with Crippen LogP contribution >= 0.6 is 0 Å². The van der Waals surface area contributed by atoms with E-state index in [-0.39, 0.29) is 24.1 Å². The molecular weight excluding hydrogens is 470 g/mol. The molecule has 1 fully saturated rings. The summed E-state index contributed by atoms with van der Waals surface area (Å²) >= 11 is 0. The van der Waals surface area contributed by atoms with Crippen LogP contribution in [0.4, 0.5) is 0 Å². The summed E-state index contributed by atoms with van der Waals surface area (Å²) in [5, 5.41) is 4.08. The third-order valence-corrected chi connectivity index (χ3v) is 7.19. The summed E-state index contributed by atoms with van der Waals surface area (Å²) in [6.07, 6.45) is 5.79. The summed E-state index contributed by atoms with van der Waals surface area (Å²) in [5.74, 6) is 1.26. The number of rotatable bonds is 6. The molecule has 2 aliphatic heterocycles. The van der Waals surface area contributed by atoms with Crippen molar-refractivity contribution in [3.63, 3.8) is 0 Å². The number of morpholine rings is 1. The molecule has 202 valence electrons. The number of benzene rings is 1. The topological polar surface area (TPSA) is 85.1 Å². The molecule has 8 heteroatoms. The van der Waals surface area contributed by atoms with Crippen molar-refractivity contribution in [3.8, 4) is 5.75 Å². The van der Waals surface area contributed by atoms with Gasteiger partial charge in [-0.3, -0.25) is 9.59 Å². The molecule has 3 heterocycles. The van der Waals surface area contributed by atoms with E-state index < -0.39 is 5.60 Å². The van der Waals surface area contributed by atoms with Crippen molar-refractivity contribution < 1.29 is 23.6 Å². The van der Waals surface area contributed by atoms with Crippen LogP contribution in [0.15, 0.2) is 34.9 Å². The number of hydrogen-bond acceptors (Lipinski definition) is 6. The Labute approximate surface area is 220 Å². The SMILES string of the molecule is CCCCN1CCOc2ccccc2CCCCC2(CN(C(=O)c3cc(CC(C)C)no3)CCO2)C1=O. The zero-order chi connectivity index (χ0) is 26.3. The molecule has 1 atom stereocenters. The summed E-state index contributed by atoms with van der Waals surface area (Å²) in [7, 11) is 0. The van der Waals surface area contributed by atoms with Gasteiger partial charge in [0, 0.05) is 19.2 Å². The maximum atomic E-state index is 14.1. The van der Waals surface area contributed by atoms with Crippen molar-refractivity contribution in [1.29, 1.82) is 0 Å². The number of nitrogens with zero attached hydrogens (tertiary/aromatic N) is 3. The second kappa shape index (κ2) is 12.6. The normalized spacial score (nSPS) is 21.4. The summed E-state index contributed by atoms with van der Waals surface area (Å²) in [5.41, 5.74) is 0.892. The number of fused-ring (bicyclic) bond motifs is 1. The molecule has 1 aromatic carbocycles. The van der Waals surface area contributed by atoms with Gasteiger partial charge in [0.05, 0.1) is 25.4 Å². The van der Waals surface area contributed by atoms with Gasteiger partial charge in [0.1, 0.15) is 12.4 Å². The molecule has 0 bridgehead atoms. The van der Waals surface area contributed by atoms with Gasteiger partial charge in [0.25, 0.3) is 11.8 Å². The lowest BCUT2D eigenvalue weighted by Crippen LogP contribution is -2.62. The van der Waals surface area contributed by atoms with Crippen molar-refractivity contribution in [2.24, 2.45) is 5.92 Å². The van der Waals surface area contributed by atoms with Gasteiger partial charge in [-0.25, -0.2) is 0 Å². The first-order chi connectivity index (χ1) is 17.9. The number of ether oxygens (including phenoxy) is 2. The molecule has 0 N–H and O–H groups in total. The Morgan fingerprint density at radius 1 is 1.16 bits per heavy atom. The largest absolute Gasteiger partial charge is 0.491 e. The Balaban J connectivity index is 1.55. The van der Waals surface area contributed by atoms with Crippen molar-refractivity contribution in [2.45, 2.75) is 71.3 Å². The van der Waals surface area contributed by atoms with Crippen molar-refractivity contribution in [2.75, 3.05) is 39.4 Å². The van der Waals surface area contributed by atoms with Gasteiger partial charge < -0.3 is 23.8 Å². The first-order valence-electron chi connectivity index (χ1n) is 13.8. The van der Waals surface area contributed by atoms with Gasteiger partial charge in [-0.1, -0.05) is 50.5 Å². The van der Waals surface area contributed by atoms with Crippen LogP contribution in [0.1, 0.15) is 74.7 Å². The van der Waals surface area contributed by atoms with Gasteiger partial charge in [-0.2, -0.15) is 0 Å². The molecule has 0 aliphatic carbocycles. The highest BCUT2D eigenvalue weighted by Gasteiger charge is 2.47. The minimum atomic E-state index is -1.07. The van der Waals surface area contributed by atoms with Gasteiger partial charge in [-0.15, -0.1) is 0 Å². The van der Waals surface area contributed by atoms with Crippen molar-refractivity contribution in [3.05, 3.63) is 47.3 Å². The minimum Gasteiger partial charge on any atom is -0.491 e. The Bertz CT molecular complexity index is 1050. The number of carbonyl (C=O) groups is 2. The highest BCUT2D eigenvalue weighted by molar-refractivity contribution is 5.93. The number of amides is 2. The number of hydrogen-bond donors (Lipinski definition) is 0. The van der Waals surface area contributed by atoms with E-state index in [1.807, 2.05) is 23.1 Å². The van der Waals surface area contributed by atoms with Gasteiger partial charge >= 0.3 is 0 Å². The molecule has 1 aromatic heterocycles. The number of aromatic nitrogens is 1. The van der Waals surface area contributed by atoms with Gasteiger partial charge in [0.15, 0.2) is 5.60 Å². The van der Waals surface area contributed by atoms with E-state index in [1.54, 1.807) is 11.0 Å². The Kier molecular flexibility index (Phi) is 9.24. The van der Waals surface area contributed by atoms with Crippen LogP contribution in [-0.4, -0.2) is 71.8 Å². The predicted molar refractivity (Wildman–Crippen MR) is 141 cm³/mol. The van der Waals surface area contributed by atoms with Crippen LogP contribution in [0.2, 0.25) is 0 Å². The first kappa shape index (κ1) is 27.2. The molecule has 0 radical (unpaired) electrons. The summed E-state index contributed by atoms with van der Waals surface area (Å²) < 4.78 is 17.8. The quantitative estimate of drug-likeness (QED) is 0.567. The lowest BCUT2D eigenvalue weighted by atomic mass is 9.90. The number of para-hydroxylation sites is 1. The molecule has 37 heavy (non-hydrogen) atoms. The Morgan fingerprint density at radius 2 is 2.00 bits per heavy atom. The van der Waals surface area contributed by atoms with Crippen LogP contribution in [0.25, 0.3) is 0 Å². The minimum absolute atomic E-state index is 0.0472. The molecule has 1 spiro atoms. The fourth-order valence-electron chi connectivity index (χ4n) is 5.22. The fourth-order valence-corrected chi connectivity index (χ4v) is 5.22. The van der Waals surface area contributed by atoms with E-state index in [0.29, 0.717) is 45.2 Å². The second-order valence-corrected chi connectivity index (χ2v) is 10.7.